The van der Waals surface area contributed by atoms with Crippen LogP contribution in [0.3, 0.4) is 0 Å². The van der Waals surface area contributed by atoms with Gasteiger partial charge in [-0.25, -0.2) is 0 Å². The van der Waals surface area contributed by atoms with Crippen molar-refractivity contribution in [2.24, 2.45) is 0 Å². The molecule has 1 fully saturated rings. The first-order valence-electron chi connectivity index (χ1n) is 12.0. The lowest BCUT2D eigenvalue weighted by molar-refractivity contribution is -0.132. The van der Waals surface area contributed by atoms with Crippen LogP contribution in [0.5, 0.6) is 11.5 Å². The smallest absolute Gasteiger partial charge is 0.300 e. The number of carbonyl (C=O) groups is 2. The van der Waals surface area contributed by atoms with E-state index in [1.165, 1.54) is 4.90 Å². The lowest BCUT2D eigenvalue weighted by Gasteiger charge is -2.25. The lowest BCUT2D eigenvalue weighted by atomic mass is 9.95. The maximum atomic E-state index is 13.4. The minimum absolute atomic E-state index is 0.0181. The van der Waals surface area contributed by atoms with Gasteiger partial charge in [-0.05, 0) is 81.8 Å². The number of aliphatic hydroxyl groups excluding tert-OH is 1. The minimum atomic E-state index is -0.893. The molecule has 0 bridgehead atoms. The molecule has 1 unspecified atom stereocenters. The van der Waals surface area contributed by atoms with Crippen molar-refractivity contribution < 1.29 is 24.2 Å². The Hall–Kier alpha value is -4.57. The topological polar surface area (TPSA) is 99.9 Å². The first kappa shape index (κ1) is 25.5. The van der Waals surface area contributed by atoms with Crippen LogP contribution in [0.4, 0.5) is 5.69 Å². The highest BCUT2D eigenvalue weighted by molar-refractivity contribution is 6.51. The summed E-state index contributed by atoms with van der Waals surface area (Å²) in [6, 6.07) is 21.4. The first-order valence-corrected chi connectivity index (χ1v) is 12.0. The third-order valence-electron chi connectivity index (χ3n) is 5.77. The number of ketones is 1. The SMILES string of the molecule is CC(C)Oc1ccc(C2/C(=C(/O)c3cccc(OC(C)C)c3)C(=O)C(=O)N2c2ccc(C#N)cc2)cc1. The summed E-state index contributed by atoms with van der Waals surface area (Å²) in [5, 5.41) is 20.6. The zero-order valence-corrected chi connectivity index (χ0v) is 21.1. The zero-order chi connectivity index (χ0) is 26.7. The Bertz CT molecular complexity index is 1380. The van der Waals surface area contributed by atoms with E-state index in [-0.39, 0.29) is 23.5 Å². The van der Waals surface area contributed by atoms with E-state index in [9.17, 15) is 20.0 Å². The van der Waals surface area contributed by atoms with Crippen LogP contribution in [0, 0.1) is 11.3 Å². The average molecular weight is 497 g/mol. The molecule has 1 N–H and O–H groups in total. The third kappa shape index (κ3) is 5.34. The van der Waals surface area contributed by atoms with Crippen LogP contribution in [0.2, 0.25) is 0 Å². The standard InChI is InChI=1S/C30H28N2O5/c1-18(2)36-24-14-10-21(11-15-24)27-26(28(33)22-6-5-7-25(16-22)37-19(3)4)29(34)30(35)32(27)23-12-8-20(17-31)9-13-23/h5-16,18-19,27,33H,1-4H3/b28-26-. The molecule has 1 aliphatic rings. The Labute approximate surface area is 216 Å². The Balaban J connectivity index is 1.87. The van der Waals surface area contributed by atoms with Crippen LogP contribution in [0.1, 0.15) is 50.4 Å². The highest BCUT2D eigenvalue weighted by Gasteiger charge is 2.47. The van der Waals surface area contributed by atoms with Gasteiger partial charge in [-0.15, -0.1) is 0 Å². The fourth-order valence-corrected chi connectivity index (χ4v) is 4.26. The molecule has 0 aromatic heterocycles. The van der Waals surface area contributed by atoms with Gasteiger partial charge in [0.15, 0.2) is 0 Å². The van der Waals surface area contributed by atoms with Crippen LogP contribution in [-0.4, -0.2) is 29.0 Å². The quantitative estimate of drug-likeness (QED) is 0.254. The summed E-state index contributed by atoms with van der Waals surface area (Å²) in [4.78, 5) is 28.0. The number of amides is 1. The molecule has 1 heterocycles. The number of nitriles is 1. The van der Waals surface area contributed by atoms with Crippen LogP contribution < -0.4 is 14.4 Å². The summed E-state index contributed by atoms with van der Waals surface area (Å²) in [5.74, 6) is -0.686. The van der Waals surface area contributed by atoms with Gasteiger partial charge >= 0.3 is 0 Å². The number of aliphatic hydroxyl groups is 1. The van der Waals surface area contributed by atoms with E-state index < -0.39 is 17.7 Å². The number of hydrogen-bond acceptors (Lipinski definition) is 6. The summed E-state index contributed by atoms with van der Waals surface area (Å²) >= 11 is 0. The van der Waals surface area contributed by atoms with Crippen molar-refractivity contribution in [2.75, 3.05) is 4.90 Å². The molecule has 0 spiro atoms. The molecule has 7 heteroatoms. The van der Waals surface area contributed by atoms with Crippen molar-refractivity contribution in [3.05, 3.63) is 95.1 Å². The van der Waals surface area contributed by atoms with Gasteiger partial charge in [-0.2, -0.15) is 5.26 Å². The van der Waals surface area contributed by atoms with Gasteiger partial charge in [0.1, 0.15) is 17.3 Å². The van der Waals surface area contributed by atoms with Crippen molar-refractivity contribution in [2.45, 2.75) is 45.9 Å². The maximum Gasteiger partial charge on any atom is 0.300 e. The number of anilines is 1. The molecule has 0 saturated carbocycles. The van der Waals surface area contributed by atoms with Crippen molar-refractivity contribution in [1.29, 1.82) is 5.26 Å². The zero-order valence-electron chi connectivity index (χ0n) is 21.1. The second kappa shape index (κ2) is 10.6. The molecule has 37 heavy (non-hydrogen) atoms. The number of nitrogens with zero attached hydrogens (tertiary/aromatic N) is 2. The molecule has 0 aliphatic carbocycles. The Morgan fingerprint density at radius 3 is 2.11 bits per heavy atom. The summed E-state index contributed by atoms with van der Waals surface area (Å²) in [7, 11) is 0. The van der Waals surface area contributed by atoms with Gasteiger partial charge in [0, 0.05) is 11.3 Å². The molecule has 4 rings (SSSR count). The third-order valence-corrected chi connectivity index (χ3v) is 5.77. The van der Waals surface area contributed by atoms with Crippen molar-refractivity contribution in [3.8, 4) is 17.6 Å². The second-order valence-electron chi connectivity index (χ2n) is 9.26. The van der Waals surface area contributed by atoms with E-state index >= 15 is 0 Å². The van der Waals surface area contributed by atoms with Gasteiger partial charge in [0.2, 0.25) is 0 Å². The molecule has 3 aromatic rings. The van der Waals surface area contributed by atoms with Crippen LogP contribution >= 0.6 is 0 Å². The molecule has 1 aliphatic heterocycles. The molecule has 3 aromatic carbocycles. The van der Waals surface area contributed by atoms with E-state index in [2.05, 4.69) is 6.07 Å². The average Bonchev–Trinajstić information content (AvgIpc) is 3.13. The van der Waals surface area contributed by atoms with E-state index in [4.69, 9.17) is 9.47 Å². The minimum Gasteiger partial charge on any atom is -0.507 e. The maximum absolute atomic E-state index is 13.4. The molecule has 1 saturated heterocycles. The predicted octanol–water partition coefficient (Wildman–Crippen LogP) is 5.76. The van der Waals surface area contributed by atoms with Gasteiger partial charge in [-0.3, -0.25) is 14.5 Å². The fraction of sp³-hybridized carbons (Fsp3) is 0.233. The van der Waals surface area contributed by atoms with E-state index in [1.54, 1.807) is 72.8 Å². The molecular formula is C30H28N2O5. The first-order chi connectivity index (χ1) is 17.7. The summed E-state index contributed by atoms with van der Waals surface area (Å²) in [5.41, 5.74) is 1.81. The molecule has 0 radical (unpaired) electrons. The van der Waals surface area contributed by atoms with Crippen molar-refractivity contribution >= 4 is 23.1 Å². The summed E-state index contributed by atoms with van der Waals surface area (Å²) < 4.78 is 11.5. The number of ether oxygens (including phenoxy) is 2. The highest BCUT2D eigenvalue weighted by Crippen LogP contribution is 2.42. The Morgan fingerprint density at radius 1 is 0.892 bits per heavy atom. The molecule has 1 atom stereocenters. The molecular weight excluding hydrogens is 468 g/mol. The van der Waals surface area contributed by atoms with Crippen LogP contribution in [0.15, 0.2) is 78.4 Å². The van der Waals surface area contributed by atoms with Gasteiger partial charge < -0.3 is 14.6 Å². The predicted molar refractivity (Wildman–Crippen MR) is 140 cm³/mol. The van der Waals surface area contributed by atoms with Crippen LogP contribution in [0.25, 0.3) is 5.76 Å². The van der Waals surface area contributed by atoms with Gasteiger partial charge in [-0.1, -0.05) is 24.3 Å². The number of benzene rings is 3. The van der Waals surface area contributed by atoms with Gasteiger partial charge in [0.05, 0.1) is 35.5 Å². The Morgan fingerprint density at radius 2 is 1.51 bits per heavy atom. The number of rotatable bonds is 7. The summed E-state index contributed by atoms with van der Waals surface area (Å²) in [6.07, 6.45) is -0.0959. The molecule has 188 valence electrons. The monoisotopic (exact) mass is 496 g/mol. The summed E-state index contributed by atoms with van der Waals surface area (Å²) in [6.45, 7) is 7.63. The largest absolute Gasteiger partial charge is 0.507 e. The van der Waals surface area contributed by atoms with Crippen molar-refractivity contribution in [3.63, 3.8) is 0 Å². The van der Waals surface area contributed by atoms with Crippen molar-refractivity contribution in [1.82, 2.24) is 0 Å². The van der Waals surface area contributed by atoms with Crippen LogP contribution in [-0.2, 0) is 9.59 Å². The number of hydrogen-bond donors (Lipinski definition) is 1. The fourth-order valence-electron chi connectivity index (χ4n) is 4.26. The van der Waals surface area contributed by atoms with E-state index in [1.807, 2.05) is 27.7 Å². The normalized spacial score (nSPS) is 16.8. The number of carbonyl (C=O) groups excluding carboxylic acids is 2. The lowest BCUT2D eigenvalue weighted by Crippen LogP contribution is -2.29. The van der Waals surface area contributed by atoms with E-state index in [0.717, 1.165) is 0 Å². The van der Waals surface area contributed by atoms with E-state index in [0.29, 0.717) is 33.9 Å². The molecule has 7 nitrogen and oxygen atoms in total. The Kier molecular flexibility index (Phi) is 7.30. The highest BCUT2D eigenvalue weighted by atomic mass is 16.5. The second-order valence-corrected chi connectivity index (χ2v) is 9.26. The molecule has 1 amide bonds. The number of Topliss-reactive ketones (excluding diaryl/α,β-unsaturated/α-hetero) is 1. The van der Waals surface area contributed by atoms with Gasteiger partial charge in [0.25, 0.3) is 11.7 Å².